The average molecular weight is 382 g/mol. The van der Waals surface area contributed by atoms with Gasteiger partial charge in [-0.05, 0) is 55.9 Å². The molecule has 1 fully saturated rings. The van der Waals surface area contributed by atoms with Crippen molar-refractivity contribution in [3.8, 4) is 0 Å². The largest absolute Gasteiger partial charge is 0.352 e. The Labute approximate surface area is 165 Å². The van der Waals surface area contributed by atoms with Crippen molar-refractivity contribution < 1.29 is 14.0 Å². The fourth-order valence-electron chi connectivity index (χ4n) is 3.59. The maximum atomic E-state index is 12.9. The Morgan fingerprint density at radius 1 is 0.786 bits per heavy atom. The van der Waals surface area contributed by atoms with Crippen molar-refractivity contribution >= 4 is 11.8 Å². The van der Waals surface area contributed by atoms with Gasteiger partial charge >= 0.3 is 0 Å². The molecule has 0 spiro atoms. The van der Waals surface area contributed by atoms with Crippen molar-refractivity contribution in [1.82, 2.24) is 10.6 Å². The van der Waals surface area contributed by atoms with Crippen LogP contribution in [0.15, 0.2) is 48.5 Å². The lowest BCUT2D eigenvalue weighted by atomic mass is 9.81. The van der Waals surface area contributed by atoms with E-state index in [0.717, 1.165) is 36.8 Å². The lowest BCUT2D eigenvalue weighted by molar-refractivity contribution is -0.130. The lowest BCUT2D eigenvalue weighted by Crippen LogP contribution is -2.37. The number of aryl methyl sites for hydroxylation is 1. The first kappa shape index (κ1) is 20.1. The van der Waals surface area contributed by atoms with Crippen LogP contribution < -0.4 is 10.6 Å². The van der Waals surface area contributed by atoms with Crippen LogP contribution in [0.5, 0.6) is 0 Å². The quantitative estimate of drug-likeness (QED) is 0.797. The van der Waals surface area contributed by atoms with Crippen LogP contribution in [0.2, 0.25) is 0 Å². The van der Waals surface area contributed by atoms with Gasteiger partial charge in [0.2, 0.25) is 11.8 Å². The van der Waals surface area contributed by atoms with E-state index in [1.165, 1.54) is 17.7 Å². The molecular formula is C23H27FN2O2. The first-order valence-electron chi connectivity index (χ1n) is 9.86. The van der Waals surface area contributed by atoms with Gasteiger partial charge in [-0.1, -0.05) is 42.0 Å². The van der Waals surface area contributed by atoms with Gasteiger partial charge in [-0.25, -0.2) is 4.39 Å². The Hall–Kier alpha value is -2.69. The van der Waals surface area contributed by atoms with Gasteiger partial charge in [0, 0.05) is 24.9 Å². The van der Waals surface area contributed by atoms with Crippen molar-refractivity contribution in [2.75, 3.05) is 0 Å². The number of hydrogen-bond acceptors (Lipinski definition) is 2. The second kappa shape index (κ2) is 9.49. The first-order valence-corrected chi connectivity index (χ1v) is 9.86. The molecule has 2 aromatic rings. The summed E-state index contributed by atoms with van der Waals surface area (Å²) >= 11 is 0. The summed E-state index contributed by atoms with van der Waals surface area (Å²) in [7, 11) is 0. The van der Waals surface area contributed by atoms with E-state index >= 15 is 0 Å². The van der Waals surface area contributed by atoms with Gasteiger partial charge in [0.05, 0.1) is 0 Å². The average Bonchev–Trinajstić information content (AvgIpc) is 2.72. The number of amides is 2. The highest BCUT2D eigenvalue weighted by atomic mass is 19.1. The number of rotatable bonds is 6. The van der Waals surface area contributed by atoms with Crippen molar-refractivity contribution in [2.24, 2.45) is 11.8 Å². The van der Waals surface area contributed by atoms with E-state index in [1.54, 1.807) is 12.1 Å². The van der Waals surface area contributed by atoms with Gasteiger partial charge in [0.1, 0.15) is 5.82 Å². The van der Waals surface area contributed by atoms with Gasteiger partial charge in [-0.3, -0.25) is 9.59 Å². The van der Waals surface area contributed by atoms with Crippen LogP contribution in [0, 0.1) is 24.6 Å². The number of carbonyl (C=O) groups excluding carboxylic acids is 2. The van der Waals surface area contributed by atoms with E-state index in [4.69, 9.17) is 0 Å². The zero-order chi connectivity index (χ0) is 19.9. The van der Waals surface area contributed by atoms with Crippen LogP contribution in [0.3, 0.4) is 0 Å². The van der Waals surface area contributed by atoms with Gasteiger partial charge in [0.15, 0.2) is 0 Å². The van der Waals surface area contributed by atoms with Crippen LogP contribution in [0.1, 0.15) is 42.4 Å². The monoisotopic (exact) mass is 382 g/mol. The standard InChI is InChI=1S/C23H27FN2O2/c1-16-2-4-17(5-3-16)14-25-22(27)19-8-10-20(11-9-19)23(28)26-15-18-6-12-21(24)13-7-18/h2-7,12-13,19-20H,8-11,14-15H2,1H3,(H,25,27)(H,26,28). The van der Waals surface area contributed by atoms with Gasteiger partial charge in [-0.15, -0.1) is 0 Å². The minimum Gasteiger partial charge on any atom is -0.352 e. The molecule has 148 valence electrons. The summed E-state index contributed by atoms with van der Waals surface area (Å²) in [6.45, 7) is 2.98. The maximum Gasteiger partial charge on any atom is 0.223 e. The fourth-order valence-corrected chi connectivity index (χ4v) is 3.59. The molecule has 0 atom stereocenters. The van der Waals surface area contributed by atoms with Gasteiger partial charge < -0.3 is 10.6 Å². The highest BCUT2D eigenvalue weighted by Gasteiger charge is 2.29. The Morgan fingerprint density at radius 2 is 1.18 bits per heavy atom. The van der Waals surface area contributed by atoms with Crippen LogP contribution >= 0.6 is 0 Å². The Morgan fingerprint density at radius 3 is 1.61 bits per heavy atom. The molecule has 28 heavy (non-hydrogen) atoms. The zero-order valence-corrected chi connectivity index (χ0v) is 16.2. The predicted molar refractivity (Wildman–Crippen MR) is 107 cm³/mol. The molecule has 0 aromatic heterocycles. The molecule has 1 aliphatic carbocycles. The number of carbonyl (C=O) groups is 2. The number of nitrogens with one attached hydrogen (secondary N) is 2. The van der Waals surface area contributed by atoms with Crippen molar-refractivity contribution in [3.63, 3.8) is 0 Å². The minimum atomic E-state index is -0.283. The van der Waals surface area contributed by atoms with Crippen LogP contribution in [0.25, 0.3) is 0 Å². The normalized spacial score (nSPS) is 19.1. The molecule has 0 saturated heterocycles. The molecule has 0 radical (unpaired) electrons. The van der Waals surface area contributed by atoms with Crippen molar-refractivity contribution in [3.05, 3.63) is 71.0 Å². The molecule has 0 unspecified atom stereocenters. The molecule has 3 rings (SSSR count). The minimum absolute atomic E-state index is 0.0165. The zero-order valence-electron chi connectivity index (χ0n) is 16.2. The number of benzene rings is 2. The second-order valence-electron chi connectivity index (χ2n) is 7.60. The molecule has 1 aliphatic rings. The van der Waals surface area contributed by atoms with E-state index in [-0.39, 0.29) is 29.5 Å². The van der Waals surface area contributed by atoms with Crippen molar-refractivity contribution in [1.29, 1.82) is 0 Å². The highest BCUT2D eigenvalue weighted by molar-refractivity contribution is 5.81. The van der Waals surface area contributed by atoms with Gasteiger partial charge in [0.25, 0.3) is 0 Å². The second-order valence-corrected chi connectivity index (χ2v) is 7.60. The van der Waals surface area contributed by atoms with E-state index in [0.29, 0.717) is 13.1 Å². The summed E-state index contributed by atoms with van der Waals surface area (Å²) in [6, 6.07) is 14.3. The van der Waals surface area contributed by atoms with E-state index in [1.807, 2.05) is 31.2 Å². The predicted octanol–water partition coefficient (Wildman–Crippen LogP) is 3.87. The summed E-state index contributed by atoms with van der Waals surface area (Å²) in [5.41, 5.74) is 3.16. The SMILES string of the molecule is Cc1ccc(CNC(=O)C2CCC(C(=O)NCc3ccc(F)cc3)CC2)cc1. The molecule has 0 bridgehead atoms. The molecule has 4 nitrogen and oxygen atoms in total. The smallest absolute Gasteiger partial charge is 0.223 e. The summed E-state index contributed by atoms with van der Waals surface area (Å²) in [5.74, 6) is -0.268. The molecule has 0 heterocycles. The number of halogens is 1. The molecule has 2 N–H and O–H groups in total. The summed E-state index contributed by atoms with van der Waals surface area (Å²) < 4.78 is 12.9. The topological polar surface area (TPSA) is 58.2 Å². The van der Waals surface area contributed by atoms with E-state index < -0.39 is 0 Å². The van der Waals surface area contributed by atoms with Crippen molar-refractivity contribution in [2.45, 2.75) is 45.7 Å². The molecule has 1 saturated carbocycles. The summed E-state index contributed by atoms with van der Waals surface area (Å²) in [4.78, 5) is 24.8. The molecule has 0 aliphatic heterocycles. The van der Waals surface area contributed by atoms with E-state index in [9.17, 15) is 14.0 Å². The fraction of sp³-hybridized carbons (Fsp3) is 0.391. The van der Waals surface area contributed by atoms with Crippen LogP contribution in [-0.4, -0.2) is 11.8 Å². The Kier molecular flexibility index (Phi) is 6.80. The summed E-state index contributed by atoms with van der Waals surface area (Å²) in [6.07, 6.45) is 2.90. The highest BCUT2D eigenvalue weighted by Crippen LogP contribution is 2.29. The molecule has 2 amide bonds. The van der Waals surface area contributed by atoms with E-state index in [2.05, 4.69) is 10.6 Å². The molecule has 5 heteroatoms. The third-order valence-corrected chi connectivity index (χ3v) is 5.44. The Balaban J connectivity index is 1.39. The third kappa shape index (κ3) is 5.65. The molecule has 2 aromatic carbocycles. The maximum absolute atomic E-state index is 12.9. The number of hydrogen-bond donors (Lipinski definition) is 2. The molecular weight excluding hydrogens is 355 g/mol. The van der Waals surface area contributed by atoms with Crippen LogP contribution in [0.4, 0.5) is 4.39 Å². The third-order valence-electron chi connectivity index (χ3n) is 5.44. The first-order chi connectivity index (χ1) is 13.5. The summed E-state index contributed by atoms with van der Waals surface area (Å²) in [5, 5.41) is 5.93. The van der Waals surface area contributed by atoms with Crippen LogP contribution in [-0.2, 0) is 22.7 Å². The van der Waals surface area contributed by atoms with Gasteiger partial charge in [-0.2, -0.15) is 0 Å². The Bertz CT molecular complexity index is 725. The lowest BCUT2D eigenvalue weighted by Gasteiger charge is -2.27.